The van der Waals surface area contributed by atoms with Crippen molar-refractivity contribution in [1.29, 1.82) is 0 Å². The van der Waals surface area contributed by atoms with Crippen molar-refractivity contribution in [2.75, 3.05) is 0 Å². The van der Waals surface area contributed by atoms with Crippen LogP contribution in [0.15, 0.2) is 12.0 Å². The summed E-state index contributed by atoms with van der Waals surface area (Å²) in [7, 11) is 0. The van der Waals surface area contributed by atoms with Crippen LogP contribution >= 0.6 is 0 Å². The molecule has 3 nitrogen and oxygen atoms in total. The monoisotopic (exact) mass is 225 g/mol. The summed E-state index contributed by atoms with van der Waals surface area (Å²) >= 11 is 0. The Labute approximate surface area is 98.2 Å². The topological polar surface area (TPSA) is 38.3 Å². The van der Waals surface area contributed by atoms with Gasteiger partial charge in [0.05, 0.1) is 6.04 Å². The van der Waals surface area contributed by atoms with E-state index in [4.69, 9.17) is 4.74 Å². The molecule has 0 amide bonds. The molecule has 0 bridgehead atoms. The smallest absolute Gasteiger partial charge is 0.183 e. The predicted octanol–water partition coefficient (Wildman–Crippen LogP) is 2.76. The van der Waals surface area contributed by atoms with Crippen LogP contribution in [0, 0.1) is 0 Å². The highest BCUT2D eigenvalue weighted by molar-refractivity contribution is 5.84. The van der Waals surface area contributed by atoms with E-state index in [1.165, 1.54) is 0 Å². The Morgan fingerprint density at radius 1 is 1.44 bits per heavy atom. The average molecular weight is 225 g/mol. The number of hydrogen-bond donors (Lipinski definition) is 1. The van der Waals surface area contributed by atoms with Crippen LogP contribution in [0.3, 0.4) is 0 Å². The molecule has 0 unspecified atom stereocenters. The number of carbonyl (C=O) groups excluding carboxylic acids is 1. The summed E-state index contributed by atoms with van der Waals surface area (Å²) in [6, 6.07) is -0.0534. The van der Waals surface area contributed by atoms with Gasteiger partial charge in [-0.3, -0.25) is 4.79 Å². The Morgan fingerprint density at radius 3 is 2.62 bits per heavy atom. The molecule has 1 N–H and O–H groups in total. The number of ketones is 1. The minimum atomic E-state index is -0.230. The minimum absolute atomic E-state index is 0.0534. The molecule has 1 atom stereocenters. The third-order valence-corrected chi connectivity index (χ3v) is 2.55. The lowest BCUT2D eigenvalue weighted by Crippen LogP contribution is -2.40. The first kappa shape index (κ1) is 13.1. The quantitative estimate of drug-likeness (QED) is 0.751. The number of hydrogen-bond acceptors (Lipinski definition) is 3. The van der Waals surface area contributed by atoms with Gasteiger partial charge in [-0.1, -0.05) is 6.42 Å². The molecule has 1 saturated carbocycles. The lowest BCUT2D eigenvalue weighted by atomic mass is 9.94. The number of allylic oxidation sites excluding steroid dienone is 1. The highest BCUT2D eigenvalue weighted by atomic mass is 16.5. The van der Waals surface area contributed by atoms with E-state index >= 15 is 0 Å². The number of Topliss-reactive ketones (excluding diaryl/α,β-unsaturated/α-hetero) is 1. The van der Waals surface area contributed by atoms with Crippen LogP contribution in [0.2, 0.25) is 0 Å². The normalized spacial score (nSPS) is 23.1. The first-order valence-corrected chi connectivity index (χ1v) is 6.07. The SMILES string of the molecule is C/C=C(\N[C@H]1CCCCC1=O)OC(C)(C)C. The minimum Gasteiger partial charge on any atom is -0.474 e. The molecule has 0 aliphatic heterocycles. The van der Waals surface area contributed by atoms with E-state index < -0.39 is 0 Å². The average Bonchev–Trinajstić information content (AvgIpc) is 2.18. The molecule has 1 rings (SSSR count). The van der Waals surface area contributed by atoms with Gasteiger partial charge in [-0.15, -0.1) is 0 Å². The van der Waals surface area contributed by atoms with Crippen molar-refractivity contribution in [2.24, 2.45) is 0 Å². The zero-order valence-electron chi connectivity index (χ0n) is 10.8. The molecular formula is C13H23NO2. The van der Waals surface area contributed by atoms with E-state index in [9.17, 15) is 4.79 Å². The van der Waals surface area contributed by atoms with Gasteiger partial charge in [0.25, 0.3) is 0 Å². The van der Waals surface area contributed by atoms with Gasteiger partial charge in [0, 0.05) is 6.42 Å². The number of ether oxygens (including phenoxy) is 1. The molecular weight excluding hydrogens is 202 g/mol. The molecule has 1 aliphatic rings. The third kappa shape index (κ3) is 4.25. The van der Waals surface area contributed by atoms with Crippen molar-refractivity contribution in [3.8, 4) is 0 Å². The fourth-order valence-corrected chi connectivity index (χ4v) is 1.81. The van der Waals surface area contributed by atoms with Crippen molar-refractivity contribution < 1.29 is 9.53 Å². The van der Waals surface area contributed by atoms with Gasteiger partial charge in [0.15, 0.2) is 11.7 Å². The summed E-state index contributed by atoms with van der Waals surface area (Å²) in [4.78, 5) is 11.7. The summed E-state index contributed by atoms with van der Waals surface area (Å²) < 4.78 is 5.74. The van der Waals surface area contributed by atoms with Crippen molar-refractivity contribution >= 4 is 5.78 Å². The van der Waals surface area contributed by atoms with Crippen LogP contribution < -0.4 is 5.32 Å². The largest absolute Gasteiger partial charge is 0.474 e. The molecule has 92 valence electrons. The molecule has 0 saturated heterocycles. The van der Waals surface area contributed by atoms with Crippen LogP contribution in [0.1, 0.15) is 53.4 Å². The number of carbonyl (C=O) groups is 1. The maximum atomic E-state index is 11.7. The van der Waals surface area contributed by atoms with E-state index in [2.05, 4.69) is 5.32 Å². The maximum absolute atomic E-state index is 11.7. The molecule has 0 heterocycles. The maximum Gasteiger partial charge on any atom is 0.183 e. The Morgan fingerprint density at radius 2 is 2.12 bits per heavy atom. The van der Waals surface area contributed by atoms with Gasteiger partial charge in [-0.05, 0) is 46.6 Å². The Hall–Kier alpha value is -0.990. The molecule has 0 spiro atoms. The molecule has 0 aromatic rings. The van der Waals surface area contributed by atoms with E-state index in [1.54, 1.807) is 0 Å². The molecule has 0 aromatic heterocycles. The van der Waals surface area contributed by atoms with Gasteiger partial charge in [0.2, 0.25) is 0 Å². The summed E-state index contributed by atoms with van der Waals surface area (Å²) in [5.41, 5.74) is -0.230. The van der Waals surface area contributed by atoms with Crippen LogP contribution in [-0.2, 0) is 9.53 Å². The first-order chi connectivity index (χ1) is 7.42. The first-order valence-electron chi connectivity index (χ1n) is 6.07. The van der Waals surface area contributed by atoms with Crippen molar-refractivity contribution in [1.82, 2.24) is 5.32 Å². The molecule has 16 heavy (non-hydrogen) atoms. The summed E-state index contributed by atoms with van der Waals surface area (Å²) in [6.45, 7) is 7.92. The van der Waals surface area contributed by atoms with E-state index in [-0.39, 0.29) is 11.6 Å². The highest BCUT2D eigenvalue weighted by Crippen LogP contribution is 2.18. The van der Waals surface area contributed by atoms with Crippen LogP contribution in [0.25, 0.3) is 0 Å². The van der Waals surface area contributed by atoms with E-state index in [0.29, 0.717) is 18.1 Å². The molecule has 1 fully saturated rings. The standard InChI is InChI=1S/C13H23NO2/c1-5-12(16-13(2,3)4)14-10-8-6-7-9-11(10)15/h5,10,14H,6-9H2,1-4H3/b12-5+/t10-/m0/s1. The Kier molecular flexibility index (Phi) is 4.39. The van der Waals surface area contributed by atoms with Gasteiger partial charge >= 0.3 is 0 Å². The van der Waals surface area contributed by atoms with Crippen molar-refractivity contribution in [3.63, 3.8) is 0 Å². The van der Waals surface area contributed by atoms with Gasteiger partial charge in [-0.25, -0.2) is 0 Å². The second-order valence-corrected chi connectivity index (χ2v) is 5.28. The zero-order chi connectivity index (χ0) is 12.2. The van der Waals surface area contributed by atoms with E-state index in [0.717, 1.165) is 19.3 Å². The van der Waals surface area contributed by atoms with Gasteiger partial charge in [-0.2, -0.15) is 0 Å². The molecule has 0 radical (unpaired) electrons. The highest BCUT2D eigenvalue weighted by Gasteiger charge is 2.24. The lowest BCUT2D eigenvalue weighted by molar-refractivity contribution is -0.122. The second-order valence-electron chi connectivity index (χ2n) is 5.28. The van der Waals surface area contributed by atoms with Gasteiger partial charge < -0.3 is 10.1 Å². The lowest BCUT2D eigenvalue weighted by Gasteiger charge is -2.28. The summed E-state index contributed by atoms with van der Waals surface area (Å²) in [6.07, 6.45) is 5.65. The third-order valence-electron chi connectivity index (χ3n) is 2.55. The number of nitrogens with one attached hydrogen (secondary N) is 1. The molecule has 1 aliphatic carbocycles. The van der Waals surface area contributed by atoms with Crippen molar-refractivity contribution in [3.05, 3.63) is 12.0 Å². The molecule has 3 heteroatoms. The molecule has 0 aromatic carbocycles. The Bertz CT molecular complexity index is 276. The van der Waals surface area contributed by atoms with Crippen LogP contribution in [0.4, 0.5) is 0 Å². The van der Waals surface area contributed by atoms with Crippen molar-refractivity contribution in [2.45, 2.75) is 65.0 Å². The van der Waals surface area contributed by atoms with E-state index in [1.807, 2.05) is 33.8 Å². The summed E-state index contributed by atoms with van der Waals surface area (Å²) in [5.74, 6) is 1.02. The second kappa shape index (κ2) is 5.37. The fourth-order valence-electron chi connectivity index (χ4n) is 1.81. The summed E-state index contributed by atoms with van der Waals surface area (Å²) in [5, 5.41) is 3.20. The van der Waals surface area contributed by atoms with Crippen LogP contribution in [0.5, 0.6) is 0 Å². The van der Waals surface area contributed by atoms with Gasteiger partial charge in [0.1, 0.15) is 5.60 Å². The Balaban J connectivity index is 2.53. The predicted molar refractivity (Wildman–Crippen MR) is 65.0 cm³/mol. The fraction of sp³-hybridized carbons (Fsp3) is 0.769. The van der Waals surface area contributed by atoms with Crippen LogP contribution in [-0.4, -0.2) is 17.4 Å². The number of rotatable bonds is 3. The zero-order valence-corrected chi connectivity index (χ0v) is 10.8.